The third-order valence-electron chi connectivity index (χ3n) is 4.18. The molecule has 1 aliphatic rings. The van der Waals surface area contributed by atoms with E-state index in [1.54, 1.807) is 29.0 Å². The van der Waals surface area contributed by atoms with E-state index in [0.717, 1.165) is 11.1 Å². The number of sulfonamides is 1. The molecule has 1 aromatic heterocycles. The molecule has 6 nitrogen and oxygen atoms in total. The Morgan fingerprint density at radius 2 is 1.92 bits per heavy atom. The minimum Gasteiger partial charge on any atom is -0.473 e. The van der Waals surface area contributed by atoms with E-state index in [0.29, 0.717) is 36.7 Å². The number of hydrogen-bond acceptors (Lipinski definition) is 5. The van der Waals surface area contributed by atoms with Gasteiger partial charge >= 0.3 is 0 Å². The summed E-state index contributed by atoms with van der Waals surface area (Å²) in [5.74, 6) is 0.480. The zero-order valence-electron chi connectivity index (χ0n) is 13.8. The van der Waals surface area contributed by atoms with Gasteiger partial charge in [0.15, 0.2) is 0 Å². The fourth-order valence-electron chi connectivity index (χ4n) is 2.94. The second-order valence-electron chi connectivity index (χ2n) is 6.03. The van der Waals surface area contributed by atoms with Gasteiger partial charge in [0.1, 0.15) is 6.10 Å². The predicted octanol–water partition coefficient (Wildman–Crippen LogP) is 2.33. The SMILES string of the molecule is Cc1ccc(S(=O)(=O)N2CCC(Oc3cnccn3)CC2)c(C)c1. The van der Waals surface area contributed by atoms with Crippen LogP contribution in [0.4, 0.5) is 0 Å². The Morgan fingerprint density at radius 1 is 1.17 bits per heavy atom. The van der Waals surface area contributed by atoms with Crippen LogP contribution in [0.3, 0.4) is 0 Å². The number of ether oxygens (including phenoxy) is 1. The van der Waals surface area contributed by atoms with Crippen molar-refractivity contribution in [3.05, 3.63) is 47.9 Å². The highest BCUT2D eigenvalue weighted by Gasteiger charge is 2.31. The number of benzene rings is 1. The summed E-state index contributed by atoms with van der Waals surface area (Å²) in [7, 11) is -3.46. The Hall–Kier alpha value is -1.99. The molecule has 0 atom stereocenters. The van der Waals surface area contributed by atoms with Gasteiger partial charge in [-0.2, -0.15) is 4.31 Å². The molecule has 0 amide bonds. The van der Waals surface area contributed by atoms with Crippen molar-refractivity contribution in [2.45, 2.75) is 37.7 Å². The molecule has 2 aromatic rings. The van der Waals surface area contributed by atoms with Crippen molar-refractivity contribution in [1.29, 1.82) is 0 Å². The highest BCUT2D eigenvalue weighted by Crippen LogP contribution is 2.25. The Balaban J connectivity index is 1.67. The first-order valence-corrected chi connectivity index (χ1v) is 9.41. The maximum absolute atomic E-state index is 12.8. The summed E-state index contributed by atoms with van der Waals surface area (Å²) in [5.41, 5.74) is 1.84. The molecule has 0 N–H and O–H groups in total. The average Bonchev–Trinajstić information content (AvgIpc) is 2.56. The Labute approximate surface area is 142 Å². The van der Waals surface area contributed by atoms with Crippen molar-refractivity contribution in [3.8, 4) is 5.88 Å². The van der Waals surface area contributed by atoms with Gasteiger partial charge in [-0.05, 0) is 38.3 Å². The van der Waals surface area contributed by atoms with E-state index in [1.165, 1.54) is 0 Å². The summed E-state index contributed by atoms with van der Waals surface area (Å²) in [4.78, 5) is 8.45. The first-order valence-electron chi connectivity index (χ1n) is 7.97. The predicted molar refractivity (Wildman–Crippen MR) is 90.4 cm³/mol. The molecule has 0 spiro atoms. The molecule has 1 saturated heterocycles. The van der Waals surface area contributed by atoms with E-state index in [-0.39, 0.29) is 6.10 Å². The van der Waals surface area contributed by atoms with Gasteiger partial charge in [0.05, 0.1) is 11.1 Å². The Morgan fingerprint density at radius 3 is 2.54 bits per heavy atom. The lowest BCUT2D eigenvalue weighted by Gasteiger charge is -2.31. The van der Waals surface area contributed by atoms with Crippen LogP contribution in [0.1, 0.15) is 24.0 Å². The van der Waals surface area contributed by atoms with Crippen LogP contribution in [0, 0.1) is 13.8 Å². The average molecular weight is 347 g/mol. The van der Waals surface area contributed by atoms with Gasteiger partial charge in [-0.3, -0.25) is 4.98 Å². The van der Waals surface area contributed by atoms with Gasteiger partial charge in [0.25, 0.3) is 0 Å². The lowest BCUT2D eigenvalue weighted by Crippen LogP contribution is -2.42. The van der Waals surface area contributed by atoms with E-state index in [2.05, 4.69) is 9.97 Å². The van der Waals surface area contributed by atoms with Gasteiger partial charge in [0, 0.05) is 25.5 Å². The summed E-state index contributed by atoms with van der Waals surface area (Å²) in [5, 5.41) is 0. The van der Waals surface area contributed by atoms with E-state index >= 15 is 0 Å². The number of rotatable bonds is 4. The van der Waals surface area contributed by atoms with E-state index < -0.39 is 10.0 Å². The zero-order valence-corrected chi connectivity index (χ0v) is 14.7. The number of nitrogens with zero attached hydrogens (tertiary/aromatic N) is 3. The maximum atomic E-state index is 12.8. The largest absolute Gasteiger partial charge is 0.473 e. The summed E-state index contributed by atoms with van der Waals surface area (Å²) < 4.78 is 33.0. The van der Waals surface area contributed by atoms with Crippen LogP contribution in [-0.4, -0.2) is 41.9 Å². The third-order valence-corrected chi connectivity index (χ3v) is 6.23. The molecule has 2 heterocycles. The molecule has 0 bridgehead atoms. The molecule has 1 fully saturated rings. The molecule has 128 valence electrons. The molecule has 0 aliphatic carbocycles. The number of hydrogen-bond donors (Lipinski definition) is 0. The molecular weight excluding hydrogens is 326 g/mol. The first-order chi connectivity index (χ1) is 11.5. The summed E-state index contributed by atoms with van der Waals surface area (Å²) >= 11 is 0. The Bertz CT molecular complexity index is 801. The molecular formula is C17H21N3O3S. The van der Waals surface area contributed by atoms with Crippen LogP contribution < -0.4 is 4.74 Å². The van der Waals surface area contributed by atoms with Crippen LogP contribution >= 0.6 is 0 Å². The van der Waals surface area contributed by atoms with Gasteiger partial charge in [-0.1, -0.05) is 17.7 Å². The fraction of sp³-hybridized carbons (Fsp3) is 0.412. The highest BCUT2D eigenvalue weighted by molar-refractivity contribution is 7.89. The highest BCUT2D eigenvalue weighted by atomic mass is 32.2. The number of piperidine rings is 1. The summed E-state index contributed by atoms with van der Waals surface area (Å²) in [6, 6.07) is 5.43. The maximum Gasteiger partial charge on any atom is 0.243 e. The minimum absolute atomic E-state index is 0.0349. The smallest absolute Gasteiger partial charge is 0.243 e. The van der Waals surface area contributed by atoms with Crippen molar-refractivity contribution in [3.63, 3.8) is 0 Å². The molecule has 3 rings (SSSR count). The van der Waals surface area contributed by atoms with Gasteiger partial charge in [-0.25, -0.2) is 13.4 Å². The van der Waals surface area contributed by atoms with E-state index in [9.17, 15) is 8.42 Å². The zero-order chi connectivity index (χ0) is 17.2. The van der Waals surface area contributed by atoms with Gasteiger partial charge in [0.2, 0.25) is 15.9 Å². The van der Waals surface area contributed by atoms with Crippen LogP contribution in [0.15, 0.2) is 41.7 Å². The number of aromatic nitrogens is 2. The normalized spacial score (nSPS) is 16.9. The van der Waals surface area contributed by atoms with Crippen molar-refractivity contribution >= 4 is 10.0 Å². The van der Waals surface area contributed by atoms with Crippen LogP contribution in [0.25, 0.3) is 0 Å². The number of aryl methyl sites for hydroxylation is 2. The van der Waals surface area contributed by atoms with Crippen LogP contribution in [0.5, 0.6) is 5.88 Å². The lowest BCUT2D eigenvalue weighted by molar-refractivity contribution is 0.129. The van der Waals surface area contributed by atoms with Crippen molar-refractivity contribution in [2.24, 2.45) is 0 Å². The van der Waals surface area contributed by atoms with Crippen LogP contribution in [0.2, 0.25) is 0 Å². The molecule has 0 saturated carbocycles. The van der Waals surface area contributed by atoms with Gasteiger partial charge < -0.3 is 4.74 Å². The fourth-order valence-corrected chi connectivity index (χ4v) is 4.61. The topological polar surface area (TPSA) is 72.4 Å². The summed E-state index contributed by atoms with van der Waals surface area (Å²) in [6.07, 6.45) is 5.98. The molecule has 0 radical (unpaired) electrons. The standard InChI is InChI=1S/C17H21N3O3S/c1-13-3-4-16(14(2)11-13)24(21,22)20-9-5-15(6-10-20)23-17-12-18-7-8-19-17/h3-4,7-8,11-12,15H,5-6,9-10H2,1-2H3. The van der Waals surface area contributed by atoms with Crippen molar-refractivity contribution in [2.75, 3.05) is 13.1 Å². The monoisotopic (exact) mass is 347 g/mol. The minimum atomic E-state index is -3.46. The quantitative estimate of drug-likeness (QED) is 0.849. The molecule has 7 heteroatoms. The van der Waals surface area contributed by atoms with Gasteiger partial charge in [-0.15, -0.1) is 0 Å². The van der Waals surface area contributed by atoms with Crippen LogP contribution in [-0.2, 0) is 10.0 Å². The second-order valence-corrected chi connectivity index (χ2v) is 7.94. The molecule has 1 aromatic carbocycles. The lowest BCUT2D eigenvalue weighted by atomic mass is 10.1. The third kappa shape index (κ3) is 3.57. The van der Waals surface area contributed by atoms with E-state index in [1.807, 2.05) is 26.0 Å². The van der Waals surface area contributed by atoms with Crippen molar-refractivity contribution in [1.82, 2.24) is 14.3 Å². The molecule has 1 aliphatic heterocycles. The second kappa shape index (κ2) is 6.86. The summed E-state index contributed by atoms with van der Waals surface area (Å²) in [6.45, 7) is 4.68. The Kier molecular flexibility index (Phi) is 4.82. The molecule has 0 unspecified atom stereocenters. The van der Waals surface area contributed by atoms with Crippen molar-refractivity contribution < 1.29 is 13.2 Å². The first kappa shape index (κ1) is 16.9. The molecule has 24 heavy (non-hydrogen) atoms. The van der Waals surface area contributed by atoms with E-state index in [4.69, 9.17) is 4.74 Å².